The maximum Gasteiger partial charge on any atom is 0.340 e. The molecule has 0 radical (unpaired) electrons. The number of hydrogen-bond donors (Lipinski definition) is 1. The number of rotatable bonds is 6. The summed E-state index contributed by atoms with van der Waals surface area (Å²) >= 11 is 5.82. The van der Waals surface area contributed by atoms with Crippen LogP contribution in [0, 0.1) is 10.1 Å². The van der Waals surface area contributed by atoms with Gasteiger partial charge in [-0.3, -0.25) is 14.9 Å². The number of amides is 1. The van der Waals surface area contributed by atoms with Gasteiger partial charge in [-0.15, -0.1) is 0 Å². The van der Waals surface area contributed by atoms with Crippen LogP contribution in [0.3, 0.4) is 0 Å². The normalized spacial score (nSPS) is 16.8. The topological polar surface area (TPSA) is 108 Å². The van der Waals surface area contributed by atoms with E-state index in [0.717, 1.165) is 18.9 Å². The van der Waals surface area contributed by atoms with Crippen LogP contribution in [0.1, 0.15) is 23.2 Å². The molecule has 1 aromatic rings. The number of benzene rings is 1. The Labute approximate surface area is 136 Å². The van der Waals surface area contributed by atoms with Crippen molar-refractivity contribution < 1.29 is 24.0 Å². The Morgan fingerprint density at radius 3 is 2.91 bits per heavy atom. The Balaban J connectivity index is 1.85. The monoisotopic (exact) mass is 342 g/mol. The van der Waals surface area contributed by atoms with Gasteiger partial charge in [-0.05, 0) is 18.9 Å². The molecule has 2 rings (SSSR count). The van der Waals surface area contributed by atoms with Crippen molar-refractivity contribution in [3.63, 3.8) is 0 Å². The Hall–Kier alpha value is -2.19. The van der Waals surface area contributed by atoms with Gasteiger partial charge in [-0.2, -0.15) is 0 Å². The van der Waals surface area contributed by atoms with Gasteiger partial charge in [0.05, 0.1) is 21.6 Å². The van der Waals surface area contributed by atoms with Crippen molar-refractivity contribution in [3.8, 4) is 0 Å². The van der Waals surface area contributed by atoms with Gasteiger partial charge in [0.25, 0.3) is 11.6 Å². The zero-order chi connectivity index (χ0) is 16.8. The van der Waals surface area contributed by atoms with Crippen LogP contribution >= 0.6 is 11.6 Å². The Kier molecular flexibility index (Phi) is 5.89. The molecule has 9 heteroatoms. The second-order valence-electron chi connectivity index (χ2n) is 4.94. The molecule has 1 atom stereocenters. The number of esters is 1. The maximum atomic E-state index is 11.9. The van der Waals surface area contributed by atoms with Crippen molar-refractivity contribution >= 4 is 29.2 Å². The number of nitro benzene ring substituents is 1. The third-order valence-corrected chi connectivity index (χ3v) is 3.60. The van der Waals surface area contributed by atoms with E-state index in [2.05, 4.69) is 5.32 Å². The molecule has 0 aromatic heterocycles. The lowest BCUT2D eigenvalue weighted by Gasteiger charge is -2.11. The summed E-state index contributed by atoms with van der Waals surface area (Å²) in [5, 5.41) is 13.3. The summed E-state index contributed by atoms with van der Waals surface area (Å²) in [5.74, 6) is -1.37. The lowest BCUT2D eigenvalue weighted by Crippen LogP contribution is -2.34. The number of nitro groups is 1. The van der Waals surface area contributed by atoms with E-state index in [1.54, 1.807) is 0 Å². The summed E-state index contributed by atoms with van der Waals surface area (Å²) in [6, 6.07) is 3.41. The van der Waals surface area contributed by atoms with Crippen molar-refractivity contribution in [3.05, 3.63) is 38.9 Å². The third kappa shape index (κ3) is 4.90. The molecule has 1 aliphatic heterocycles. The van der Waals surface area contributed by atoms with Gasteiger partial charge in [-0.25, -0.2) is 4.79 Å². The highest BCUT2D eigenvalue weighted by Crippen LogP contribution is 2.22. The molecule has 1 amide bonds. The van der Waals surface area contributed by atoms with E-state index in [1.807, 2.05) is 0 Å². The molecule has 1 saturated heterocycles. The fourth-order valence-electron chi connectivity index (χ4n) is 2.08. The number of ether oxygens (including phenoxy) is 2. The van der Waals surface area contributed by atoms with Crippen LogP contribution in [-0.2, 0) is 14.3 Å². The third-order valence-electron chi connectivity index (χ3n) is 3.27. The molecule has 8 nitrogen and oxygen atoms in total. The zero-order valence-electron chi connectivity index (χ0n) is 12.1. The van der Waals surface area contributed by atoms with Crippen LogP contribution in [0.15, 0.2) is 18.2 Å². The first-order chi connectivity index (χ1) is 11.0. The van der Waals surface area contributed by atoms with Gasteiger partial charge >= 0.3 is 5.97 Å². The van der Waals surface area contributed by atoms with Gasteiger partial charge in [-0.1, -0.05) is 11.6 Å². The molecule has 0 unspecified atom stereocenters. The first-order valence-electron chi connectivity index (χ1n) is 6.96. The smallest absolute Gasteiger partial charge is 0.340 e. The van der Waals surface area contributed by atoms with Gasteiger partial charge < -0.3 is 14.8 Å². The summed E-state index contributed by atoms with van der Waals surface area (Å²) in [5.41, 5.74) is -0.447. The van der Waals surface area contributed by atoms with Crippen molar-refractivity contribution in [2.24, 2.45) is 0 Å². The number of hydrogen-bond acceptors (Lipinski definition) is 6. The molecule has 0 bridgehead atoms. The molecule has 0 saturated carbocycles. The molecule has 23 heavy (non-hydrogen) atoms. The highest BCUT2D eigenvalue weighted by atomic mass is 35.5. The molecule has 1 fully saturated rings. The molecule has 1 aromatic carbocycles. The van der Waals surface area contributed by atoms with E-state index in [-0.39, 0.29) is 22.4 Å². The van der Waals surface area contributed by atoms with Crippen LogP contribution in [0.2, 0.25) is 5.02 Å². The zero-order valence-corrected chi connectivity index (χ0v) is 12.9. The molecular weight excluding hydrogens is 328 g/mol. The molecule has 124 valence electrons. The predicted octanol–water partition coefficient (Wildman–Crippen LogP) is 1.70. The highest BCUT2D eigenvalue weighted by Gasteiger charge is 2.19. The summed E-state index contributed by atoms with van der Waals surface area (Å²) < 4.78 is 10.2. The SMILES string of the molecule is O=C(COC(=O)c1cc([N+](=O)[O-])ccc1Cl)NC[C@@H]1CCCO1. The molecule has 1 aliphatic rings. The quantitative estimate of drug-likeness (QED) is 0.479. The number of carbonyl (C=O) groups is 2. The lowest BCUT2D eigenvalue weighted by atomic mass is 10.2. The number of halogens is 1. The van der Waals surface area contributed by atoms with Crippen molar-refractivity contribution in [2.75, 3.05) is 19.8 Å². The fourth-order valence-corrected chi connectivity index (χ4v) is 2.27. The van der Waals surface area contributed by atoms with E-state index in [4.69, 9.17) is 21.1 Å². The number of non-ortho nitro benzene ring substituents is 1. The minimum Gasteiger partial charge on any atom is -0.452 e. The van der Waals surface area contributed by atoms with Gasteiger partial charge in [0.15, 0.2) is 6.61 Å². The number of nitrogens with one attached hydrogen (secondary N) is 1. The minimum absolute atomic E-state index is 0.0131. The first kappa shape index (κ1) is 17.2. The average molecular weight is 343 g/mol. The largest absolute Gasteiger partial charge is 0.452 e. The summed E-state index contributed by atoms with van der Waals surface area (Å²) in [6.45, 7) is 0.541. The second-order valence-corrected chi connectivity index (χ2v) is 5.34. The molecule has 1 N–H and O–H groups in total. The van der Waals surface area contributed by atoms with Crippen LogP contribution in [0.5, 0.6) is 0 Å². The average Bonchev–Trinajstić information content (AvgIpc) is 3.04. The minimum atomic E-state index is -0.897. The van der Waals surface area contributed by atoms with E-state index in [9.17, 15) is 19.7 Å². The molecular formula is C14H15ClN2O6. The van der Waals surface area contributed by atoms with Crippen molar-refractivity contribution in [1.29, 1.82) is 0 Å². The fraction of sp³-hybridized carbons (Fsp3) is 0.429. The molecule has 1 heterocycles. The molecule has 0 aliphatic carbocycles. The van der Waals surface area contributed by atoms with Crippen LogP contribution in [0.25, 0.3) is 0 Å². The Morgan fingerprint density at radius 2 is 2.26 bits per heavy atom. The van der Waals surface area contributed by atoms with Gasteiger partial charge in [0.2, 0.25) is 0 Å². The highest BCUT2D eigenvalue weighted by molar-refractivity contribution is 6.33. The van der Waals surface area contributed by atoms with Crippen LogP contribution in [0.4, 0.5) is 5.69 Å². The van der Waals surface area contributed by atoms with Crippen LogP contribution in [-0.4, -0.2) is 42.7 Å². The Bertz CT molecular complexity index is 615. The van der Waals surface area contributed by atoms with E-state index in [0.29, 0.717) is 13.2 Å². The Morgan fingerprint density at radius 1 is 1.48 bits per heavy atom. The van der Waals surface area contributed by atoms with Crippen molar-refractivity contribution in [1.82, 2.24) is 5.32 Å². The summed E-state index contributed by atoms with van der Waals surface area (Å²) in [6.07, 6.45) is 1.82. The summed E-state index contributed by atoms with van der Waals surface area (Å²) in [4.78, 5) is 33.5. The van der Waals surface area contributed by atoms with Gasteiger partial charge in [0.1, 0.15) is 0 Å². The molecule has 0 spiro atoms. The van der Waals surface area contributed by atoms with Crippen molar-refractivity contribution in [2.45, 2.75) is 18.9 Å². The standard InChI is InChI=1S/C14H15ClN2O6/c15-12-4-3-9(17(20)21)6-11(12)14(19)23-8-13(18)16-7-10-2-1-5-22-10/h3-4,6,10H,1-2,5,7-8H2,(H,16,18)/t10-/m0/s1. The lowest BCUT2D eigenvalue weighted by molar-refractivity contribution is -0.384. The predicted molar refractivity (Wildman–Crippen MR) is 80.4 cm³/mol. The van der Waals surface area contributed by atoms with E-state index in [1.165, 1.54) is 12.1 Å². The van der Waals surface area contributed by atoms with E-state index < -0.39 is 23.4 Å². The second kappa shape index (κ2) is 7.89. The number of nitrogens with zero attached hydrogens (tertiary/aromatic N) is 1. The first-order valence-corrected chi connectivity index (χ1v) is 7.34. The summed E-state index contributed by atoms with van der Waals surface area (Å²) in [7, 11) is 0. The van der Waals surface area contributed by atoms with Crippen LogP contribution < -0.4 is 5.32 Å². The van der Waals surface area contributed by atoms with E-state index >= 15 is 0 Å². The van der Waals surface area contributed by atoms with Gasteiger partial charge in [0, 0.05) is 25.3 Å². The maximum absolute atomic E-state index is 11.9. The number of carbonyl (C=O) groups excluding carboxylic acids is 2.